The van der Waals surface area contributed by atoms with Crippen molar-refractivity contribution in [2.75, 3.05) is 0 Å². The lowest BCUT2D eigenvalue weighted by Crippen LogP contribution is -2.30. The maximum atomic E-state index is 12.7. The second-order valence-electron chi connectivity index (χ2n) is 5.66. The van der Waals surface area contributed by atoms with E-state index in [0.29, 0.717) is 12.8 Å². The zero-order valence-corrected chi connectivity index (χ0v) is 13.7. The predicted molar refractivity (Wildman–Crippen MR) is 91.8 cm³/mol. The summed E-state index contributed by atoms with van der Waals surface area (Å²) < 4.78 is 5.35. The fourth-order valence-corrected chi connectivity index (χ4v) is 2.59. The van der Waals surface area contributed by atoms with Gasteiger partial charge in [0.15, 0.2) is 6.10 Å². The van der Waals surface area contributed by atoms with Gasteiger partial charge in [-0.25, -0.2) is 4.79 Å². The summed E-state index contributed by atoms with van der Waals surface area (Å²) in [7, 11) is 0. The highest BCUT2D eigenvalue weighted by Crippen LogP contribution is 2.27. The van der Waals surface area contributed by atoms with Crippen LogP contribution in [0.25, 0.3) is 0 Å². The third-order valence-corrected chi connectivity index (χ3v) is 3.86. The molecule has 4 heteroatoms. The van der Waals surface area contributed by atoms with Crippen molar-refractivity contribution in [2.24, 2.45) is 0 Å². The summed E-state index contributed by atoms with van der Waals surface area (Å²) in [6.45, 7) is 1.97. The number of carboxylic acid groups (broad SMARTS) is 1. The van der Waals surface area contributed by atoms with E-state index in [1.54, 1.807) is 0 Å². The first-order valence-electron chi connectivity index (χ1n) is 8.16. The van der Waals surface area contributed by atoms with Crippen LogP contribution in [0, 0.1) is 0 Å². The molecule has 0 radical (unpaired) electrons. The highest BCUT2D eigenvalue weighted by molar-refractivity contribution is 5.85. The van der Waals surface area contributed by atoms with Crippen LogP contribution in [0.15, 0.2) is 60.7 Å². The van der Waals surface area contributed by atoms with E-state index in [2.05, 4.69) is 0 Å². The number of rotatable bonds is 8. The van der Waals surface area contributed by atoms with Crippen molar-refractivity contribution in [1.82, 2.24) is 0 Å². The van der Waals surface area contributed by atoms with Crippen molar-refractivity contribution >= 4 is 11.9 Å². The summed E-state index contributed by atoms with van der Waals surface area (Å²) in [5.41, 5.74) is 1.57. The molecule has 0 saturated carbocycles. The van der Waals surface area contributed by atoms with E-state index in [0.717, 1.165) is 17.5 Å². The van der Waals surface area contributed by atoms with Crippen molar-refractivity contribution in [1.29, 1.82) is 0 Å². The molecule has 0 aliphatic rings. The number of unbranched alkanes of at least 4 members (excludes halogenated alkanes) is 1. The van der Waals surface area contributed by atoms with Crippen molar-refractivity contribution in [3.8, 4) is 0 Å². The number of aliphatic carboxylic acids is 1. The van der Waals surface area contributed by atoms with Gasteiger partial charge in [0.25, 0.3) is 0 Å². The number of benzene rings is 2. The molecule has 0 aliphatic carbocycles. The average molecular weight is 326 g/mol. The second-order valence-corrected chi connectivity index (χ2v) is 5.66. The predicted octanol–water partition coefficient (Wildman–Crippen LogP) is 4.01. The fourth-order valence-electron chi connectivity index (χ4n) is 2.59. The SMILES string of the molecule is CCCCC(OC(=O)C(c1ccccc1)c1ccccc1)C(=O)O. The van der Waals surface area contributed by atoms with Gasteiger partial charge in [0, 0.05) is 0 Å². The number of carbonyl (C=O) groups is 2. The minimum absolute atomic E-state index is 0.327. The van der Waals surface area contributed by atoms with Crippen molar-refractivity contribution in [2.45, 2.75) is 38.2 Å². The lowest BCUT2D eigenvalue weighted by atomic mass is 9.91. The summed E-state index contributed by atoms with van der Waals surface area (Å²) in [6.07, 6.45) is 0.772. The molecule has 2 rings (SSSR count). The fraction of sp³-hybridized carbons (Fsp3) is 0.300. The van der Waals surface area contributed by atoms with Crippen LogP contribution in [-0.2, 0) is 14.3 Å². The van der Waals surface area contributed by atoms with E-state index >= 15 is 0 Å². The monoisotopic (exact) mass is 326 g/mol. The number of ether oxygens (including phenoxy) is 1. The molecule has 0 aliphatic heterocycles. The topological polar surface area (TPSA) is 63.6 Å². The number of hydrogen-bond acceptors (Lipinski definition) is 3. The molecule has 0 saturated heterocycles. The van der Waals surface area contributed by atoms with Crippen molar-refractivity contribution in [3.05, 3.63) is 71.8 Å². The molecule has 1 unspecified atom stereocenters. The summed E-state index contributed by atoms with van der Waals surface area (Å²) >= 11 is 0. The highest BCUT2D eigenvalue weighted by Gasteiger charge is 2.29. The first-order chi connectivity index (χ1) is 11.6. The van der Waals surface area contributed by atoms with Crippen LogP contribution >= 0.6 is 0 Å². The first kappa shape index (κ1) is 17.7. The molecule has 2 aromatic carbocycles. The van der Waals surface area contributed by atoms with Gasteiger partial charge in [-0.3, -0.25) is 4.79 Å². The minimum atomic E-state index is -1.10. The van der Waals surface area contributed by atoms with E-state index < -0.39 is 24.0 Å². The van der Waals surface area contributed by atoms with Crippen LogP contribution in [0.3, 0.4) is 0 Å². The number of hydrogen-bond donors (Lipinski definition) is 1. The maximum absolute atomic E-state index is 12.7. The molecule has 126 valence electrons. The Labute approximate surface area is 142 Å². The summed E-state index contributed by atoms with van der Waals surface area (Å²) in [5, 5.41) is 9.29. The number of carbonyl (C=O) groups excluding carboxylic acids is 1. The molecule has 1 N–H and O–H groups in total. The smallest absolute Gasteiger partial charge is 0.345 e. The van der Waals surface area contributed by atoms with Gasteiger partial charge in [0.2, 0.25) is 0 Å². The highest BCUT2D eigenvalue weighted by atomic mass is 16.6. The van der Waals surface area contributed by atoms with Crippen LogP contribution in [0.1, 0.15) is 43.2 Å². The molecule has 0 fully saturated rings. The van der Waals surface area contributed by atoms with E-state index in [-0.39, 0.29) is 0 Å². The van der Waals surface area contributed by atoms with Gasteiger partial charge in [-0.15, -0.1) is 0 Å². The summed E-state index contributed by atoms with van der Waals surface area (Å²) in [5.74, 6) is -2.26. The van der Waals surface area contributed by atoms with Gasteiger partial charge in [-0.2, -0.15) is 0 Å². The van der Waals surface area contributed by atoms with Crippen molar-refractivity contribution in [3.63, 3.8) is 0 Å². The normalized spacial score (nSPS) is 11.9. The van der Waals surface area contributed by atoms with Crippen LogP contribution in [0.2, 0.25) is 0 Å². The van der Waals surface area contributed by atoms with Crippen LogP contribution in [-0.4, -0.2) is 23.1 Å². The molecule has 1 atom stereocenters. The Morgan fingerprint density at radius 1 is 0.958 bits per heavy atom. The van der Waals surface area contributed by atoms with E-state index in [1.807, 2.05) is 67.6 Å². The van der Waals surface area contributed by atoms with E-state index in [1.165, 1.54) is 0 Å². The van der Waals surface area contributed by atoms with Crippen molar-refractivity contribution < 1.29 is 19.4 Å². The van der Waals surface area contributed by atoms with Gasteiger partial charge in [0.05, 0.1) is 0 Å². The van der Waals surface area contributed by atoms with Crippen LogP contribution < -0.4 is 0 Å². The average Bonchev–Trinajstić information content (AvgIpc) is 2.60. The Bertz CT molecular complexity index is 612. The molecule has 0 heterocycles. The zero-order chi connectivity index (χ0) is 17.4. The molecule has 0 amide bonds. The second kappa shape index (κ2) is 8.87. The largest absolute Gasteiger partial charge is 0.479 e. The Kier molecular flexibility index (Phi) is 6.55. The quantitative estimate of drug-likeness (QED) is 0.745. The lowest BCUT2D eigenvalue weighted by Gasteiger charge is -2.20. The van der Waals surface area contributed by atoms with Gasteiger partial charge in [-0.1, -0.05) is 74.0 Å². The Balaban J connectivity index is 2.26. The molecule has 0 bridgehead atoms. The Morgan fingerprint density at radius 3 is 1.88 bits per heavy atom. The lowest BCUT2D eigenvalue weighted by molar-refractivity contribution is -0.165. The standard InChI is InChI=1S/C20H22O4/c1-2-3-14-17(19(21)22)24-20(23)18(15-10-6-4-7-11-15)16-12-8-5-9-13-16/h4-13,17-18H,2-3,14H2,1H3,(H,21,22). The Morgan fingerprint density at radius 2 is 1.46 bits per heavy atom. The number of carboxylic acids is 1. The first-order valence-corrected chi connectivity index (χ1v) is 8.16. The molecular formula is C20H22O4. The zero-order valence-electron chi connectivity index (χ0n) is 13.7. The molecule has 24 heavy (non-hydrogen) atoms. The molecule has 0 spiro atoms. The molecule has 4 nitrogen and oxygen atoms in total. The number of esters is 1. The molecule has 0 aromatic heterocycles. The molecular weight excluding hydrogens is 304 g/mol. The van der Waals surface area contributed by atoms with Crippen LogP contribution in [0.5, 0.6) is 0 Å². The third kappa shape index (κ3) is 4.69. The van der Waals surface area contributed by atoms with E-state index in [4.69, 9.17) is 4.74 Å². The van der Waals surface area contributed by atoms with Gasteiger partial charge >= 0.3 is 11.9 Å². The van der Waals surface area contributed by atoms with Gasteiger partial charge in [0.1, 0.15) is 5.92 Å². The van der Waals surface area contributed by atoms with E-state index in [9.17, 15) is 14.7 Å². The van der Waals surface area contributed by atoms with Crippen LogP contribution in [0.4, 0.5) is 0 Å². The van der Waals surface area contributed by atoms with Gasteiger partial charge < -0.3 is 9.84 Å². The Hall–Kier alpha value is -2.62. The maximum Gasteiger partial charge on any atom is 0.345 e. The summed E-state index contributed by atoms with van der Waals surface area (Å²) in [6, 6.07) is 18.5. The molecule has 2 aromatic rings. The minimum Gasteiger partial charge on any atom is -0.479 e. The third-order valence-electron chi connectivity index (χ3n) is 3.86. The summed E-state index contributed by atoms with van der Waals surface area (Å²) in [4.78, 5) is 24.1. The van der Waals surface area contributed by atoms with Gasteiger partial charge in [-0.05, 0) is 24.0 Å².